The van der Waals surface area contributed by atoms with E-state index in [9.17, 15) is 9.59 Å². The molecule has 0 spiro atoms. The molecule has 1 aliphatic rings. The van der Waals surface area contributed by atoms with E-state index < -0.39 is 0 Å². The van der Waals surface area contributed by atoms with Crippen LogP contribution in [0.1, 0.15) is 28.9 Å². The molecule has 6 nitrogen and oxygen atoms in total. The number of fused-ring (bicyclic) bond motifs is 1. The van der Waals surface area contributed by atoms with Crippen molar-refractivity contribution in [2.24, 2.45) is 0 Å². The number of benzene rings is 2. The Bertz CT molecular complexity index is 994. The van der Waals surface area contributed by atoms with Gasteiger partial charge in [-0.15, -0.1) is 0 Å². The SMILES string of the molecule is O=C(c1n[nH]c(=O)c2ccccc12)N(Cc1ccccc1)CC1CCCO1. The molecule has 0 saturated carbocycles. The van der Waals surface area contributed by atoms with E-state index in [2.05, 4.69) is 10.2 Å². The van der Waals surface area contributed by atoms with Crippen molar-refractivity contribution in [1.82, 2.24) is 15.1 Å². The van der Waals surface area contributed by atoms with Crippen molar-refractivity contribution in [3.63, 3.8) is 0 Å². The molecular weight excluding hydrogens is 342 g/mol. The monoisotopic (exact) mass is 363 g/mol. The minimum Gasteiger partial charge on any atom is -0.376 e. The first kappa shape index (κ1) is 17.4. The lowest BCUT2D eigenvalue weighted by atomic mass is 10.1. The number of nitrogens with one attached hydrogen (secondary N) is 1. The standard InChI is InChI=1S/C21H21N3O3/c25-20-18-11-5-4-10-17(18)19(22-23-20)21(26)24(14-16-9-6-12-27-16)13-15-7-2-1-3-8-15/h1-5,7-8,10-11,16H,6,9,12-14H2,(H,23,25). The number of aromatic nitrogens is 2. The van der Waals surface area contributed by atoms with Crippen LogP contribution in [0.4, 0.5) is 0 Å². The molecule has 4 rings (SSSR count). The highest BCUT2D eigenvalue weighted by molar-refractivity contribution is 6.04. The summed E-state index contributed by atoms with van der Waals surface area (Å²) >= 11 is 0. The smallest absolute Gasteiger partial charge is 0.275 e. The predicted molar refractivity (Wildman–Crippen MR) is 103 cm³/mol. The summed E-state index contributed by atoms with van der Waals surface area (Å²) in [6.07, 6.45) is 1.99. The number of hydrogen-bond acceptors (Lipinski definition) is 4. The minimum atomic E-state index is -0.295. The molecule has 1 aliphatic heterocycles. The summed E-state index contributed by atoms with van der Waals surface area (Å²) < 4.78 is 5.74. The van der Waals surface area contributed by atoms with E-state index in [1.807, 2.05) is 36.4 Å². The molecule has 0 radical (unpaired) electrons. The lowest BCUT2D eigenvalue weighted by Gasteiger charge is -2.25. The summed E-state index contributed by atoms with van der Waals surface area (Å²) in [7, 11) is 0. The second kappa shape index (κ2) is 7.72. The topological polar surface area (TPSA) is 75.3 Å². The van der Waals surface area contributed by atoms with Crippen molar-refractivity contribution in [3.05, 3.63) is 76.2 Å². The summed E-state index contributed by atoms with van der Waals surface area (Å²) in [6.45, 7) is 1.70. The quantitative estimate of drug-likeness (QED) is 0.756. The van der Waals surface area contributed by atoms with E-state index >= 15 is 0 Å². The number of ether oxygens (including phenoxy) is 1. The number of aromatic amines is 1. The highest BCUT2D eigenvalue weighted by Crippen LogP contribution is 2.19. The highest BCUT2D eigenvalue weighted by Gasteiger charge is 2.26. The van der Waals surface area contributed by atoms with Crippen molar-refractivity contribution in [2.75, 3.05) is 13.2 Å². The van der Waals surface area contributed by atoms with Gasteiger partial charge < -0.3 is 9.64 Å². The number of carbonyl (C=O) groups is 1. The van der Waals surface area contributed by atoms with E-state index in [4.69, 9.17) is 4.74 Å². The fourth-order valence-corrected chi connectivity index (χ4v) is 3.48. The lowest BCUT2D eigenvalue weighted by molar-refractivity contribution is 0.0503. The second-order valence-electron chi connectivity index (χ2n) is 6.75. The van der Waals surface area contributed by atoms with Crippen molar-refractivity contribution in [1.29, 1.82) is 0 Å². The van der Waals surface area contributed by atoms with E-state index in [1.54, 1.807) is 23.1 Å². The molecule has 0 bridgehead atoms. The maximum atomic E-state index is 13.3. The molecule has 27 heavy (non-hydrogen) atoms. The average molecular weight is 363 g/mol. The van der Waals surface area contributed by atoms with Crippen LogP contribution in [0.25, 0.3) is 10.8 Å². The first-order valence-electron chi connectivity index (χ1n) is 9.14. The first-order chi connectivity index (χ1) is 13.2. The first-order valence-corrected chi connectivity index (χ1v) is 9.14. The zero-order chi connectivity index (χ0) is 18.6. The number of amides is 1. The maximum absolute atomic E-state index is 13.3. The van der Waals surface area contributed by atoms with Gasteiger partial charge in [-0.25, -0.2) is 5.10 Å². The Labute approximate surface area is 156 Å². The molecule has 2 heterocycles. The Balaban J connectivity index is 1.69. The highest BCUT2D eigenvalue weighted by atomic mass is 16.5. The molecule has 0 aliphatic carbocycles. The maximum Gasteiger partial charge on any atom is 0.275 e. The average Bonchev–Trinajstić information content (AvgIpc) is 3.21. The van der Waals surface area contributed by atoms with Crippen LogP contribution in [-0.4, -0.2) is 40.3 Å². The number of H-pyrrole nitrogens is 1. The van der Waals surface area contributed by atoms with Gasteiger partial charge in [0.1, 0.15) is 0 Å². The largest absolute Gasteiger partial charge is 0.376 e. The number of hydrogen-bond donors (Lipinski definition) is 1. The van der Waals surface area contributed by atoms with Crippen LogP contribution in [-0.2, 0) is 11.3 Å². The van der Waals surface area contributed by atoms with Gasteiger partial charge in [-0.05, 0) is 24.5 Å². The normalized spacial score (nSPS) is 16.5. The predicted octanol–water partition coefficient (Wildman–Crippen LogP) is 2.74. The number of carbonyl (C=O) groups excluding carboxylic acids is 1. The number of nitrogens with zero attached hydrogens (tertiary/aromatic N) is 2. The molecular formula is C21H21N3O3. The molecule has 1 fully saturated rings. The second-order valence-corrected chi connectivity index (χ2v) is 6.75. The van der Waals surface area contributed by atoms with Gasteiger partial charge in [0, 0.05) is 25.1 Å². The summed E-state index contributed by atoms with van der Waals surface area (Å²) in [6, 6.07) is 16.9. The fourth-order valence-electron chi connectivity index (χ4n) is 3.48. The molecule has 3 aromatic rings. The summed E-state index contributed by atoms with van der Waals surface area (Å²) in [5, 5.41) is 7.56. The van der Waals surface area contributed by atoms with E-state index in [-0.39, 0.29) is 23.3 Å². The van der Waals surface area contributed by atoms with Crippen molar-refractivity contribution in [2.45, 2.75) is 25.5 Å². The fraction of sp³-hybridized carbons (Fsp3) is 0.286. The summed E-state index contributed by atoms with van der Waals surface area (Å²) in [5.41, 5.74) is 1.01. The zero-order valence-corrected chi connectivity index (χ0v) is 14.9. The van der Waals surface area contributed by atoms with E-state index in [0.717, 1.165) is 25.0 Å². The Morgan fingerprint density at radius 1 is 1.11 bits per heavy atom. The molecule has 1 N–H and O–H groups in total. The van der Waals surface area contributed by atoms with Gasteiger partial charge in [-0.3, -0.25) is 9.59 Å². The van der Waals surface area contributed by atoms with Gasteiger partial charge in [-0.2, -0.15) is 5.10 Å². The molecule has 1 amide bonds. The Morgan fingerprint density at radius 3 is 2.59 bits per heavy atom. The van der Waals surface area contributed by atoms with Gasteiger partial charge in [0.05, 0.1) is 11.5 Å². The molecule has 138 valence electrons. The van der Waals surface area contributed by atoms with Gasteiger partial charge in [0.15, 0.2) is 5.69 Å². The third kappa shape index (κ3) is 3.75. The van der Waals surface area contributed by atoms with E-state index in [0.29, 0.717) is 23.9 Å². The van der Waals surface area contributed by atoms with Crippen LogP contribution in [0, 0.1) is 0 Å². The van der Waals surface area contributed by atoms with Crippen LogP contribution < -0.4 is 5.56 Å². The lowest BCUT2D eigenvalue weighted by Crippen LogP contribution is -2.38. The third-order valence-electron chi connectivity index (χ3n) is 4.85. The molecule has 2 aromatic carbocycles. The zero-order valence-electron chi connectivity index (χ0n) is 14.9. The van der Waals surface area contributed by atoms with Gasteiger partial charge in [-0.1, -0.05) is 48.5 Å². The van der Waals surface area contributed by atoms with E-state index in [1.165, 1.54) is 0 Å². The summed E-state index contributed by atoms with van der Waals surface area (Å²) in [5.74, 6) is -0.207. The third-order valence-corrected chi connectivity index (χ3v) is 4.85. The summed E-state index contributed by atoms with van der Waals surface area (Å²) in [4.78, 5) is 27.1. The minimum absolute atomic E-state index is 0.0340. The Kier molecular flexibility index (Phi) is 4.98. The number of rotatable bonds is 5. The Hall–Kier alpha value is -2.99. The van der Waals surface area contributed by atoms with Crippen LogP contribution in [0.5, 0.6) is 0 Å². The van der Waals surface area contributed by atoms with Crippen molar-refractivity contribution < 1.29 is 9.53 Å². The van der Waals surface area contributed by atoms with Crippen molar-refractivity contribution >= 4 is 16.7 Å². The van der Waals surface area contributed by atoms with Crippen LogP contribution in [0.2, 0.25) is 0 Å². The molecule has 1 aromatic heterocycles. The van der Waals surface area contributed by atoms with Crippen LogP contribution >= 0.6 is 0 Å². The van der Waals surface area contributed by atoms with Crippen LogP contribution in [0.3, 0.4) is 0 Å². The molecule has 1 atom stereocenters. The van der Waals surface area contributed by atoms with Gasteiger partial charge in [0.25, 0.3) is 11.5 Å². The molecule has 1 unspecified atom stereocenters. The molecule has 1 saturated heterocycles. The Morgan fingerprint density at radius 2 is 1.85 bits per heavy atom. The van der Waals surface area contributed by atoms with Crippen molar-refractivity contribution in [3.8, 4) is 0 Å². The van der Waals surface area contributed by atoms with Gasteiger partial charge >= 0.3 is 0 Å². The van der Waals surface area contributed by atoms with Gasteiger partial charge in [0.2, 0.25) is 0 Å². The molecule has 6 heteroatoms. The van der Waals surface area contributed by atoms with Crippen LogP contribution in [0.15, 0.2) is 59.4 Å².